The van der Waals surface area contributed by atoms with Crippen molar-refractivity contribution in [2.24, 2.45) is 0 Å². The van der Waals surface area contributed by atoms with Crippen LogP contribution in [-0.4, -0.2) is 89.1 Å². The van der Waals surface area contributed by atoms with Gasteiger partial charge in [-0.05, 0) is 71.9 Å². The SMILES string of the molecule is O=C(O)NC(CC(=O)N1CCCC1c1ncc(-c2ccc(-c3ccc(-c4cnc(C5CCCN5C(=O)C[C@H](Cc5ccccc5)NC(=O)O)[nH]4)cc3)cc2)[nH]1)Cc1ccccc1. The summed E-state index contributed by atoms with van der Waals surface area (Å²) in [5.41, 5.74) is 7.62. The second-order valence-electron chi connectivity index (χ2n) is 16.1. The van der Waals surface area contributed by atoms with Crippen molar-refractivity contribution in [3.05, 3.63) is 144 Å². The number of carbonyl (C=O) groups is 4. The Labute approximate surface area is 359 Å². The van der Waals surface area contributed by atoms with Gasteiger partial charge in [0, 0.05) is 38.0 Å². The van der Waals surface area contributed by atoms with E-state index in [1.54, 1.807) is 12.4 Å². The van der Waals surface area contributed by atoms with Gasteiger partial charge in [0.2, 0.25) is 11.8 Å². The zero-order chi connectivity index (χ0) is 43.0. The predicted molar refractivity (Wildman–Crippen MR) is 234 cm³/mol. The summed E-state index contributed by atoms with van der Waals surface area (Å²) >= 11 is 0. The molecule has 62 heavy (non-hydrogen) atoms. The summed E-state index contributed by atoms with van der Waals surface area (Å²) in [7, 11) is 0. The zero-order valence-electron chi connectivity index (χ0n) is 34.2. The van der Waals surface area contributed by atoms with Crippen molar-refractivity contribution < 1.29 is 29.4 Å². The van der Waals surface area contributed by atoms with Gasteiger partial charge in [-0.1, -0.05) is 109 Å². The number of rotatable bonds is 15. The fourth-order valence-electron chi connectivity index (χ4n) is 8.84. The molecule has 4 amide bonds. The molecule has 2 aliphatic rings. The summed E-state index contributed by atoms with van der Waals surface area (Å²) in [6.45, 7) is 1.18. The molecule has 2 aliphatic heterocycles. The molecular weight excluding hydrogens is 785 g/mol. The standard InChI is InChI=1S/C48H50N8O6/c57-43(27-37(51-47(59)60)25-31-9-3-1-4-10-31)55-23-7-13-41(55)45-49-29-39(53-45)35-19-15-33(16-20-35)34-17-21-36(22-18-34)40-30-50-46(54-40)42-14-8-24-56(42)44(58)28-38(52-48(61)62)26-32-11-5-2-6-12-32/h1-6,9-12,15-22,29-30,37-38,41-42,51-52H,7-8,13-14,23-28H2,(H,49,53)(H,50,54)(H,59,60)(H,61,62)/t37-,38?,41?,42?/m0/s1. The zero-order valence-corrected chi connectivity index (χ0v) is 34.2. The van der Waals surface area contributed by atoms with Crippen molar-refractivity contribution in [1.82, 2.24) is 40.4 Å². The number of aromatic amines is 2. The molecule has 6 aromatic rings. The molecule has 2 aromatic heterocycles. The average Bonchev–Trinajstić information content (AvgIpc) is 4.11. The molecule has 14 nitrogen and oxygen atoms in total. The molecule has 0 bridgehead atoms. The molecule has 0 aliphatic carbocycles. The van der Waals surface area contributed by atoms with Crippen LogP contribution in [-0.2, 0) is 22.4 Å². The van der Waals surface area contributed by atoms with Gasteiger partial charge >= 0.3 is 12.2 Å². The van der Waals surface area contributed by atoms with Crippen molar-refractivity contribution in [2.45, 2.75) is 75.5 Å². The largest absolute Gasteiger partial charge is 0.465 e. The minimum Gasteiger partial charge on any atom is -0.465 e. The molecule has 4 heterocycles. The number of aromatic nitrogens is 4. The van der Waals surface area contributed by atoms with Gasteiger partial charge in [-0.15, -0.1) is 0 Å². The van der Waals surface area contributed by atoms with Gasteiger partial charge in [-0.2, -0.15) is 0 Å². The van der Waals surface area contributed by atoms with Crippen molar-refractivity contribution in [3.8, 4) is 33.6 Å². The number of nitrogens with zero attached hydrogens (tertiary/aromatic N) is 4. The minimum absolute atomic E-state index is 0.0611. The molecule has 6 N–H and O–H groups in total. The van der Waals surface area contributed by atoms with E-state index in [1.165, 1.54) is 0 Å². The lowest BCUT2D eigenvalue weighted by Gasteiger charge is -2.26. The Balaban J connectivity index is 0.881. The molecule has 14 heteroatoms. The Morgan fingerprint density at radius 2 is 0.935 bits per heavy atom. The number of likely N-dealkylation sites (tertiary alicyclic amines) is 2. The highest BCUT2D eigenvalue weighted by molar-refractivity contribution is 5.79. The number of amides is 4. The fraction of sp³-hybridized carbons (Fsp3) is 0.292. The van der Waals surface area contributed by atoms with Crippen LogP contribution in [0.25, 0.3) is 33.6 Å². The van der Waals surface area contributed by atoms with E-state index in [2.05, 4.69) is 54.8 Å². The Morgan fingerprint density at radius 1 is 0.565 bits per heavy atom. The maximum Gasteiger partial charge on any atom is 0.404 e. The first-order chi connectivity index (χ1) is 30.2. The summed E-state index contributed by atoms with van der Waals surface area (Å²) in [4.78, 5) is 70.2. The van der Waals surface area contributed by atoms with E-state index < -0.39 is 24.3 Å². The van der Waals surface area contributed by atoms with Crippen LogP contribution in [0.1, 0.15) is 73.4 Å². The Hall–Kier alpha value is -7.22. The minimum atomic E-state index is -1.15. The summed E-state index contributed by atoms with van der Waals surface area (Å²) < 4.78 is 0. The molecule has 0 spiro atoms. The third-order valence-corrected chi connectivity index (χ3v) is 11.8. The topological polar surface area (TPSA) is 197 Å². The molecule has 3 unspecified atom stereocenters. The van der Waals surface area contributed by atoms with Crippen molar-refractivity contribution in [1.29, 1.82) is 0 Å². The van der Waals surface area contributed by atoms with Gasteiger partial charge in [-0.25, -0.2) is 19.6 Å². The van der Waals surface area contributed by atoms with Crippen LogP contribution in [0.5, 0.6) is 0 Å². The summed E-state index contributed by atoms with van der Waals surface area (Å²) in [5.74, 6) is 1.22. The number of hydrogen-bond donors (Lipinski definition) is 6. The highest BCUT2D eigenvalue weighted by atomic mass is 16.4. The van der Waals surface area contributed by atoms with Gasteiger partial charge in [0.25, 0.3) is 0 Å². The van der Waals surface area contributed by atoms with Crippen LogP contribution in [0.2, 0.25) is 0 Å². The van der Waals surface area contributed by atoms with E-state index >= 15 is 0 Å². The van der Waals surface area contributed by atoms with Gasteiger partial charge in [0.05, 0.1) is 35.9 Å². The molecule has 4 aromatic carbocycles. The number of carbonyl (C=O) groups excluding carboxylic acids is 2. The lowest BCUT2D eigenvalue weighted by molar-refractivity contribution is -0.133. The summed E-state index contributed by atoms with van der Waals surface area (Å²) in [6, 6.07) is 34.0. The van der Waals surface area contributed by atoms with Crippen LogP contribution in [0.3, 0.4) is 0 Å². The van der Waals surface area contributed by atoms with E-state index in [1.807, 2.05) is 94.7 Å². The molecule has 2 saturated heterocycles. The first-order valence-electron chi connectivity index (χ1n) is 21.1. The monoisotopic (exact) mass is 834 g/mol. The van der Waals surface area contributed by atoms with Crippen LogP contribution >= 0.6 is 0 Å². The molecule has 318 valence electrons. The van der Waals surface area contributed by atoms with Gasteiger partial charge in [-0.3, -0.25) is 9.59 Å². The van der Waals surface area contributed by atoms with Crippen LogP contribution in [0, 0.1) is 0 Å². The van der Waals surface area contributed by atoms with Crippen LogP contribution in [0.15, 0.2) is 122 Å². The van der Waals surface area contributed by atoms with Crippen LogP contribution in [0.4, 0.5) is 9.59 Å². The molecule has 4 atom stereocenters. The third kappa shape index (κ3) is 10.0. The van der Waals surface area contributed by atoms with Crippen molar-refractivity contribution >= 4 is 24.0 Å². The maximum absolute atomic E-state index is 13.6. The average molecular weight is 835 g/mol. The predicted octanol–water partition coefficient (Wildman–Crippen LogP) is 8.00. The number of H-pyrrole nitrogens is 2. The highest BCUT2D eigenvalue weighted by Gasteiger charge is 2.35. The quantitative estimate of drug-likeness (QED) is 0.0598. The molecular formula is C48H50N8O6. The summed E-state index contributed by atoms with van der Waals surface area (Å²) in [5, 5.41) is 24.0. The number of benzene rings is 4. The Bertz CT molecular complexity index is 2300. The van der Waals surface area contributed by atoms with Crippen LogP contribution < -0.4 is 10.6 Å². The molecule has 8 rings (SSSR count). The smallest absolute Gasteiger partial charge is 0.404 e. The van der Waals surface area contributed by atoms with E-state index in [4.69, 9.17) is 0 Å². The first kappa shape index (κ1) is 41.5. The third-order valence-electron chi connectivity index (χ3n) is 11.8. The Kier molecular flexibility index (Phi) is 12.7. The second kappa shape index (κ2) is 19.0. The van der Waals surface area contributed by atoms with Gasteiger partial charge in [0.15, 0.2) is 0 Å². The molecule has 0 saturated carbocycles. The second-order valence-corrected chi connectivity index (χ2v) is 16.1. The molecule has 0 radical (unpaired) electrons. The van der Waals surface area contributed by atoms with Crippen molar-refractivity contribution in [3.63, 3.8) is 0 Å². The first-order valence-corrected chi connectivity index (χ1v) is 21.1. The van der Waals surface area contributed by atoms with E-state index in [-0.39, 0.29) is 36.7 Å². The van der Waals surface area contributed by atoms with Gasteiger partial charge in [0.1, 0.15) is 11.6 Å². The van der Waals surface area contributed by atoms with E-state index in [9.17, 15) is 29.4 Å². The Morgan fingerprint density at radius 3 is 1.31 bits per heavy atom. The number of nitrogens with one attached hydrogen (secondary N) is 4. The van der Waals surface area contributed by atoms with Crippen molar-refractivity contribution in [2.75, 3.05) is 13.1 Å². The maximum atomic E-state index is 13.6. The highest BCUT2D eigenvalue weighted by Crippen LogP contribution is 2.35. The number of imidazole rings is 2. The summed E-state index contributed by atoms with van der Waals surface area (Å²) in [6.07, 6.45) is 5.47. The fourth-order valence-corrected chi connectivity index (χ4v) is 8.84. The number of carboxylic acid groups (broad SMARTS) is 2. The number of hydrogen-bond acceptors (Lipinski definition) is 6. The van der Waals surface area contributed by atoms with E-state index in [0.29, 0.717) is 37.6 Å². The van der Waals surface area contributed by atoms with E-state index in [0.717, 1.165) is 70.5 Å². The normalized spacial score (nSPS) is 17.1. The molecule has 2 fully saturated rings. The lowest BCUT2D eigenvalue weighted by atomic mass is 10.0. The lowest BCUT2D eigenvalue weighted by Crippen LogP contribution is -2.41. The van der Waals surface area contributed by atoms with Gasteiger partial charge < -0.3 is 40.6 Å².